The average Bonchev–Trinajstić information content (AvgIpc) is 3.11. The highest BCUT2D eigenvalue weighted by Gasteiger charge is 2.29. The van der Waals surface area contributed by atoms with Crippen molar-refractivity contribution in [3.05, 3.63) is 101 Å². The molecule has 0 aliphatic rings. The van der Waals surface area contributed by atoms with Crippen molar-refractivity contribution in [3.63, 3.8) is 0 Å². The van der Waals surface area contributed by atoms with E-state index in [2.05, 4.69) is 86.1 Å². The molecule has 4 aromatic rings. The van der Waals surface area contributed by atoms with E-state index in [-0.39, 0.29) is 5.54 Å². The molecule has 1 aromatic heterocycles. The molecule has 0 aliphatic heterocycles. The topological polar surface area (TPSA) is 17.8 Å². The Morgan fingerprint density at radius 1 is 0.759 bits per heavy atom. The monoisotopic (exact) mass is 400 g/mol. The molecule has 4 rings (SSSR count). The zero-order chi connectivity index (χ0) is 20.6. The van der Waals surface area contributed by atoms with Gasteiger partial charge in [0, 0.05) is 5.02 Å². The lowest BCUT2D eigenvalue weighted by Crippen LogP contribution is -2.30. The quantitative estimate of drug-likeness (QED) is 0.352. The molecule has 0 saturated carbocycles. The number of aryl methyl sites for hydroxylation is 2. The highest BCUT2D eigenvalue weighted by Crippen LogP contribution is 2.35. The third-order valence-corrected chi connectivity index (χ3v) is 5.76. The molecule has 0 aliphatic carbocycles. The van der Waals surface area contributed by atoms with E-state index in [1.807, 2.05) is 25.1 Å². The maximum absolute atomic E-state index is 6.52. The van der Waals surface area contributed by atoms with Gasteiger partial charge in [-0.3, -0.25) is 4.68 Å². The van der Waals surface area contributed by atoms with Gasteiger partial charge in [0.1, 0.15) is 0 Å². The molecule has 0 N–H and O–H groups in total. The van der Waals surface area contributed by atoms with Gasteiger partial charge in [-0.25, -0.2) is 0 Å². The second-order valence-corrected chi connectivity index (χ2v) is 8.48. The van der Waals surface area contributed by atoms with Crippen LogP contribution in [0.4, 0.5) is 0 Å². The lowest BCUT2D eigenvalue weighted by atomic mass is 9.93. The van der Waals surface area contributed by atoms with E-state index in [1.54, 1.807) is 0 Å². The molecule has 0 bridgehead atoms. The third-order valence-electron chi connectivity index (χ3n) is 5.43. The molecule has 146 valence electrons. The summed E-state index contributed by atoms with van der Waals surface area (Å²) in [6, 6.07) is 27.4. The fourth-order valence-corrected chi connectivity index (χ4v) is 4.23. The first-order valence-corrected chi connectivity index (χ1v) is 10.2. The number of aromatic nitrogens is 2. The summed E-state index contributed by atoms with van der Waals surface area (Å²) in [7, 11) is 0. The predicted molar refractivity (Wildman–Crippen MR) is 122 cm³/mol. The number of rotatable bonds is 4. The number of hydrogen-bond donors (Lipinski definition) is 0. The van der Waals surface area contributed by atoms with Crippen LogP contribution < -0.4 is 0 Å². The Labute approximate surface area is 177 Å². The van der Waals surface area contributed by atoms with E-state index in [4.69, 9.17) is 16.7 Å². The van der Waals surface area contributed by atoms with Gasteiger partial charge in [0.2, 0.25) is 0 Å². The SMILES string of the molecule is Cc1cccc(-c2ccc(-c3cc(C)nn3C(C)(C)c3ccccc3Cl)cc2)c1. The maximum Gasteiger partial charge on any atom is 0.0841 e. The zero-order valence-electron chi connectivity index (χ0n) is 17.3. The Balaban J connectivity index is 1.77. The Hall–Kier alpha value is -2.84. The van der Waals surface area contributed by atoms with E-state index in [9.17, 15) is 0 Å². The van der Waals surface area contributed by atoms with E-state index < -0.39 is 0 Å². The minimum atomic E-state index is -0.378. The Kier molecular flexibility index (Phi) is 5.06. The molecule has 29 heavy (non-hydrogen) atoms. The summed E-state index contributed by atoms with van der Waals surface area (Å²) in [6.07, 6.45) is 0. The molecule has 3 aromatic carbocycles. The Morgan fingerprint density at radius 3 is 2.14 bits per heavy atom. The average molecular weight is 401 g/mol. The summed E-state index contributed by atoms with van der Waals surface area (Å²) >= 11 is 6.52. The standard InChI is InChI=1S/C26H25ClN2/c1-18-8-7-9-22(16-18)20-12-14-21(15-13-20)25-17-19(2)28-29(25)26(3,4)23-10-5-6-11-24(23)27/h5-17H,1-4H3. The number of halogens is 1. The second-order valence-electron chi connectivity index (χ2n) is 8.07. The first-order chi connectivity index (χ1) is 13.9. The molecule has 1 heterocycles. The van der Waals surface area contributed by atoms with Gasteiger partial charge in [-0.15, -0.1) is 0 Å². The van der Waals surface area contributed by atoms with Gasteiger partial charge in [0.25, 0.3) is 0 Å². The van der Waals surface area contributed by atoms with Crippen LogP contribution in [0.25, 0.3) is 22.4 Å². The largest absolute Gasteiger partial charge is 0.255 e. The summed E-state index contributed by atoms with van der Waals surface area (Å²) in [4.78, 5) is 0. The molecule has 0 fully saturated rings. The number of hydrogen-bond acceptors (Lipinski definition) is 1. The van der Waals surface area contributed by atoms with Crippen molar-refractivity contribution in [1.82, 2.24) is 9.78 Å². The fraction of sp³-hybridized carbons (Fsp3) is 0.192. The summed E-state index contributed by atoms with van der Waals surface area (Å²) in [6.45, 7) is 8.47. The highest BCUT2D eigenvalue weighted by atomic mass is 35.5. The van der Waals surface area contributed by atoms with Crippen molar-refractivity contribution >= 4 is 11.6 Å². The maximum atomic E-state index is 6.52. The lowest BCUT2D eigenvalue weighted by molar-refractivity contribution is 0.394. The van der Waals surface area contributed by atoms with Crippen molar-refractivity contribution in [2.45, 2.75) is 33.2 Å². The number of nitrogens with zero attached hydrogens (tertiary/aromatic N) is 2. The lowest BCUT2D eigenvalue weighted by Gasteiger charge is -2.29. The third kappa shape index (κ3) is 3.73. The van der Waals surface area contributed by atoms with Crippen molar-refractivity contribution < 1.29 is 0 Å². The van der Waals surface area contributed by atoms with Crippen LogP contribution in [0.5, 0.6) is 0 Å². The zero-order valence-corrected chi connectivity index (χ0v) is 18.0. The first kappa shape index (κ1) is 19.5. The summed E-state index contributed by atoms with van der Waals surface area (Å²) in [5.41, 5.74) is 7.61. The highest BCUT2D eigenvalue weighted by molar-refractivity contribution is 6.31. The number of benzene rings is 3. The van der Waals surface area contributed by atoms with Crippen molar-refractivity contribution in [2.24, 2.45) is 0 Å². The van der Waals surface area contributed by atoms with E-state index in [0.717, 1.165) is 27.5 Å². The van der Waals surface area contributed by atoms with Crippen LogP contribution in [-0.2, 0) is 5.54 Å². The summed E-state index contributed by atoms with van der Waals surface area (Å²) in [5.74, 6) is 0. The molecule has 0 saturated heterocycles. The molecule has 0 spiro atoms. The van der Waals surface area contributed by atoms with Crippen LogP contribution in [0.15, 0.2) is 78.9 Å². The minimum Gasteiger partial charge on any atom is -0.255 e. The van der Waals surface area contributed by atoms with E-state index in [0.29, 0.717) is 0 Å². The van der Waals surface area contributed by atoms with Crippen LogP contribution in [0.2, 0.25) is 5.02 Å². The van der Waals surface area contributed by atoms with E-state index in [1.165, 1.54) is 16.7 Å². The molecule has 3 heteroatoms. The van der Waals surface area contributed by atoms with Crippen LogP contribution in [-0.4, -0.2) is 9.78 Å². The first-order valence-electron chi connectivity index (χ1n) is 9.86. The van der Waals surface area contributed by atoms with Gasteiger partial charge in [0.05, 0.1) is 16.9 Å². The smallest absolute Gasteiger partial charge is 0.0841 e. The second kappa shape index (κ2) is 7.53. The molecule has 0 amide bonds. The van der Waals surface area contributed by atoms with Gasteiger partial charge in [0.15, 0.2) is 0 Å². The summed E-state index contributed by atoms with van der Waals surface area (Å²) in [5, 5.41) is 5.58. The molecule has 0 radical (unpaired) electrons. The van der Waals surface area contributed by atoms with Crippen molar-refractivity contribution in [3.8, 4) is 22.4 Å². The van der Waals surface area contributed by atoms with Gasteiger partial charge in [-0.1, -0.05) is 83.9 Å². The van der Waals surface area contributed by atoms with Gasteiger partial charge in [-0.2, -0.15) is 5.10 Å². The van der Waals surface area contributed by atoms with Crippen LogP contribution >= 0.6 is 11.6 Å². The molecular weight excluding hydrogens is 376 g/mol. The van der Waals surface area contributed by atoms with Gasteiger partial charge < -0.3 is 0 Å². The summed E-state index contributed by atoms with van der Waals surface area (Å²) < 4.78 is 2.09. The molecule has 0 atom stereocenters. The molecular formula is C26H25ClN2. The normalized spacial score (nSPS) is 11.6. The van der Waals surface area contributed by atoms with Crippen LogP contribution in [0, 0.1) is 13.8 Å². The van der Waals surface area contributed by atoms with Crippen molar-refractivity contribution in [1.29, 1.82) is 0 Å². The molecule has 0 unspecified atom stereocenters. The van der Waals surface area contributed by atoms with Gasteiger partial charge >= 0.3 is 0 Å². The molecule has 2 nitrogen and oxygen atoms in total. The fourth-order valence-electron chi connectivity index (χ4n) is 3.86. The van der Waals surface area contributed by atoms with E-state index >= 15 is 0 Å². The minimum absolute atomic E-state index is 0.378. The predicted octanol–water partition coefficient (Wildman–Crippen LogP) is 7.27. The van der Waals surface area contributed by atoms with Crippen LogP contribution in [0.1, 0.15) is 30.7 Å². The Morgan fingerprint density at radius 2 is 1.45 bits per heavy atom. The van der Waals surface area contributed by atoms with Gasteiger partial charge in [-0.05, 0) is 62.1 Å². The Bertz CT molecular complexity index is 1150. The van der Waals surface area contributed by atoms with Crippen molar-refractivity contribution in [2.75, 3.05) is 0 Å². The van der Waals surface area contributed by atoms with Crippen LogP contribution in [0.3, 0.4) is 0 Å².